The van der Waals surface area contributed by atoms with E-state index in [2.05, 4.69) is 41.8 Å². The Bertz CT molecular complexity index is 2810. The summed E-state index contributed by atoms with van der Waals surface area (Å²) in [6, 6.07) is 21.5. The van der Waals surface area contributed by atoms with Gasteiger partial charge in [-0.2, -0.15) is 5.10 Å². The maximum atomic E-state index is 13.8. The van der Waals surface area contributed by atoms with E-state index in [1.807, 2.05) is 54.6 Å². The topological polar surface area (TPSA) is 249 Å². The summed E-state index contributed by atoms with van der Waals surface area (Å²) >= 11 is 0. The molecule has 78 heavy (non-hydrogen) atoms. The van der Waals surface area contributed by atoms with Crippen LogP contribution in [0.4, 0.5) is 11.4 Å². The van der Waals surface area contributed by atoms with Gasteiger partial charge in [0.25, 0.3) is 11.8 Å². The number of anilines is 2. The van der Waals surface area contributed by atoms with Crippen LogP contribution in [0.1, 0.15) is 127 Å². The molecule has 4 aliphatic rings. The van der Waals surface area contributed by atoms with Gasteiger partial charge in [-0.25, -0.2) is 4.98 Å². The zero-order chi connectivity index (χ0) is 53.2. The van der Waals surface area contributed by atoms with Gasteiger partial charge in [0.2, 0.25) is 17.7 Å². The number of carbonyl (C=O) groups excluding carboxylic acids is 5. The molecule has 0 radical (unpaired) electrons. The van der Waals surface area contributed by atoms with Crippen molar-refractivity contribution in [3.05, 3.63) is 113 Å². The van der Waals surface area contributed by atoms with E-state index in [0.717, 1.165) is 98.6 Å². The summed E-state index contributed by atoms with van der Waals surface area (Å²) in [7, 11) is 0. The summed E-state index contributed by atoms with van der Waals surface area (Å²) in [5.41, 5.74) is 4.39. The molecule has 5 aromatic rings. The Morgan fingerprint density at radius 3 is 2.29 bits per heavy atom. The third-order valence-electron chi connectivity index (χ3n) is 14.4. The number of amides is 5. The van der Waals surface area contributed by atoms with Crippen molar-refractivity contribution in [2.75, 3.05) is 76.6 Å². The third-order valence-corrected chi connectivity index (χ3v) is 14.4. The first-order valence-corrected chi connectivity index (χ1v) is 27.2. The molecule has 21 heteroatoms. The number of nitrogens with one attached hydrogen (secondary N) is 6. The Morgan fingerprint density at radius 2 is 1.53 bits per heavy atom. The van der Waals surface area contributed by atoms with Crippen LogP contribution in [0.3, 0.4) is 0 Å². The number of fused-ring (bicyclic) bond motifs is 2. The van der Waals surface area contributed by atoms with Crippen LogP contribution in [-0.2, 0) is 40.7 Å². The standard InChI is InChI=1S/C57H70N10O10.ClH/c68-50(60-46-13-9-12-43-45(46)38-67(55(43)72)48-16-18-51(69)62-54(48)71)14-4-3-6-29-74-33-35-75-34-32-73-28-5-1-2-7-30-76-42-15-17-49-44(37-42)47(21-31-77-49)61-53(70)40-10-8-11-41(36-40)64-57(22-26-59-27-23-57)56-63-52(65-66-56)39-19-24-58-25-20-39;/h8-13,15,17,19-20,24-25,36-37,47-48,59,64H,1-7,14,16,18,21-23,26-35,38H2,(H,60,68)(H,61,70)(H,62,69,71)(H,63,65,66);1H/t47-,48?;/m0./s1. The number of piperidine rings is 2. The molecule has 2 fully saturated rings. The Balaban J connectivity index is 0.00000803. The number of pyridine rings is 1. The number of rotatable bonds is 28. The van der Waals surface area contributed by atoms with E-state index in [1.165, 1.54) is 4.90 Å². The number of imide groups is 1. The van der Waals surface area contributed by atoms with Crippen molar-refractivity contribution in [3.63, 3.8) is 0 Å². The Morgan fingerprint density at radius 1 is 0.795 bits per heavy atom. The molecule has 20 nitrogen and oxygen atoms in total. The van der Waals surface area contributed by atoms with E-state index in [0.29, 0.717) is 100 Å². The lowest BCUT2D eigenvalue weighted by molar-refractivity contribution is -0.137. The highest BCUT2D eigenvalue weighted by molar-refractivity contribution is 6.07. The molecular formula is C57H71ClN10O10. The fraction of sp³-hybridized carbons (Fsp3) is 0.474. The van der Waals surface area contributed by atoms with Crippen LogP contribution in [-0.4, -0.2) is 127 Å². The van der Waals surface area contributed by atoms with Gasteiger partial charge in [-0.15, -0.1) is 12.4 Å². The second-order valence-corrected chi connectivity index (χ2v) is 19.8. The number of hydrogen-bond acceptors (Lipinski definition) is 15. The van der Waals surface area contributed by atoms with Crippen LogP contribution in [0.25, 0.3) is 11.4 Å². The second kappa shape index (κ2) is 28.6. The maximum absolute atomic E-state index is 13.8. The second-order valence-electron chi connectivity index (χ2n) is 19.8. The Hall–Kier alpha value is -6.97. The molecule has 4 aliphatic heterocycles. The average molecular weight is 1090 g/mol. The monoisotopic (exact) mass is 1090 g/mol. The quantitative estimate of drug-likeness (QED) is 0.0214. The molecule has 2 aromatic heterocycles. The lowest BCUT2D eigenvalue weighted by Crippen LogP contribution is -2.52. The highest BCUT2D eigenvalue weighted by Gasteiger charge is 2.40. The number of carbonyl (C=O) groups is 5. The molecule has 2 atom stereocenters. The molecule has 0 bridgehead atoms. The van der Waals surface area contributed by atoms with E-state index >= 15 is 0 Å². The molecule has 2 saturated heterocycles. The highest BCUT2D eigenvalue weighted by atomic mass is 35.5. The molecule has 5 amide bonds. The lowest BCUT2D eigenvalue weighted by atomic mass is 9.87. The number of hydrogen-bond donors (Lipinski definition) is 6. The molecule has 9 rings (SSSR count). The van der Waals surface area contributed by atoms with Crippen molar-refractivity contribution in [1.29, 1.82) is 0 Å². The predicted octanol–water partition coefficient (Wildman–Crippen LogP) is 7.18. The molecule has 3 aromatic carbocycles. The van der Waals surface area contributed by atoms with Gasteiger partial charge < -0.3 is 49.9 Å². The molecule has 0 spiro atoms. The molecule has 1 unspecified atom stereocenters. The minimum atomic E-state index is -0.708. The fourth-order valence-corrected chi connectivity index (χ4v) is 10.2. The van der Waals surface area contributed by atoms with E-state index in [-0.39, 0.29) is 61.5 Å². The average Bonchev–Trinajstić information content (AvgIpc) is 4.24. The number of unbranched alkanes of at least 4 members (excludes halogenated alkanes) is 5. The summed E-state index contributed by atoms with van der Waals surface area (Å²) in [5, 5.41) is 23.4. The molecular weight excluding hydrogens is 1020 g/mol. The smallest absolute Gasteiger partial charge is 0.255 e. The third kappa shape index (κ3) is 15.2. The van der Waals surface area contributed by atoms with Crippen LogP contribution in [0.2, 0.25) is 0 Å². The van der Waals surface area contributed by atoms with Gasteiger partial charge in [0, 0.05) is 90.6 Å². The van der Waals surface area contributed by atoms with Crippen LogP contribution < -0.4 is 36.1 Å². The van der Waals surface area contributed by atoms with Gasteiger partial charge in [0.15, 0.2) is 11.6 Å². The Kier molecular flexibility index (Phi) is 21.0. The predicted molar refractivity (Wildman–Crippen MR) is 293 cm³/mol. The van der Waals surface area contributed by atoms with Gasteiger partial charge in [-0.1, -0.05) is 25.0 Å². The van der Waals surface area contributed by atoms with E-state index in [9.17, 15) is 24.0 Å². The van der Waals surface area contributed by atoms with Gasteiger partial charge in [0.05, 0.1) is 51.2 Å². The summed E-state index contributed by atoms with van der Waals surface area (Å²) < 4.78 is 29.3. The van der Waals surface area contributed by atoms with E-state index in [4.69, 9.17) is 28.7 Å². The number of nitrogens with zero attached hydrogens (tertiary/aromatic N) is 4. The summed E-state index contributed by atoms with van der Waals surface area (Å²) in [4.78, 5) is 74.2. The number of aromatic amines is 1. The number of aromatic nitrogens is 4. The molecule has 0 aliphatic carbocycles. The summed E-state index contributed by atoms with van der Waals surface area (Å²) in [6.07, 6.45) is 12.7. The molecule has 416 valence electrons. The lowest BCUT2D eigenvalue weighted by Gasteiger charge is -2.37. The van der Waals surface area contributed by atoms with Crippen LogP contribution >= 0.6 is 12.4 Å². The first-order valence-electron chi connectivity index (χ1n) is 27.2. The van der Waals surface area contributed by atoms with Gasteiger partial charge in [-0.05, 0) is 125 Å². The van der Waals surface area contributed by atoms with Crippen molar-refractivity contribution in [3.8, 4) is 22.9 Å². The highest BCUT2D eigenvalue weighted by Crippen LogP contribution is 2.37. The van der Waals surface area contributed by atoms with Gasteiger partial charge in [-0.3, -0.25) is 39.4 Å². The van der Waals surface area contributed by atoms with Crippen LogP contribution in [0, 0.1) is 0 Å². The minimum Gasteiger partial charge on any atom is -0.494 e. The number of H-pyrrole nitrogens is 1. The number of ether oxygens (including phenoxy) is 5. The zero-order valence-corrected chi connectivity index (χ0v) is 44.8. The van der Waals surface area contributed by atoms with E-state index < -0.39 is 17.5 Å². The normalized spacial score (nSPS) is 17.5. The largest absolute Gasteiger partial charge is 0.494 e. The van der Waals surface area contributed by atoms with Crippen molar-refractivity contribution >= 4 is 53.3 Å². The number of benzene rings is 3. The molecule has 6 heterocycles. The maximum Gasteiger partial charge on any atom is 0.255 e. The van der Waals surface area contributed by atoms with Crippen LogP contribution in [0.15, 0.2) is 85.2 Å². The first-order chi connectivity index (χ1) is 37.7. The zero-order valence-electron chi connectivity index (χ0n) is 44.0. The van der Waals surface area contributed by atoms with Crippen molar-refractivity contribution in [2.45, 2.75) is 108 Å². The summed E-state index contributed by atoms with van der Waals surface area (Å²) in [6.45, 7) is 6.16. The molecule has 0 saturated carbocycles. The first kappa shape index (κ1) is 57.2. The minimum absolute atomic E-state index is 0. The molecule has 6 N–H and O–H groups in total. The van der Waals surface area contributed by atoms with Crippen LogP contribution in [0.5, 0.6) is 11.5 Å². The fourth-order valence-electron chi connectivity index (χ4n) is 10.2. The SMILES string of the molecule is Cl.O=C1CCC(N2Cc3c(NC(=O)CCCCCOCCOCCOCCCCCCOc4ccc5c(c4)[C@@H](NC(=O)c4cccc(NC6(c7nc(-c8ccncc8)n[nH]7)CCNCC6)c4)CCO5)cccc3C2=O)C(=O)N1. The number of halogens is 1. The van der Waals surface area contributed by atoms with Crippen molar-refractivity contribution in [2.24, 2.45) is 0 Å². The Labute approximate surface area is 460 Å². The van der Waals surface area contributed by atoms with Crippen molar-refractivity contribution < 1.29 is 47.7 Å². The van der Waals surface area contributed by atoms with E-state index in [1.54, 1.807) is 30.6 Å². The van der Waals surface area contributed by atoms with Crippen molar-refractivity contribution in [1.82, 2.24) is 41.0 Å². The summed E-state index contributed by atoms with van der Waals surface area (Å²) in [5.74, 6) is 1.49. The van der Waals surface area contributed by atoms with Gasteiger partial charge >= 0.3 is 0 Å². The van der Waals surface area contributed by atoms with Gasteiger partial charge in [0.1, 0.15) is 17.5 Å².